The maximum Gasteiger partial charge on any atom is 0.331 e. The van der Waals surface area contributed by atoms with Crippen LogP contribution in [0.5, 0.6) is 0 Å². The summed E-state index contributed by atoms with van der Waals surface area (Å²) in [5, 5.41) is 2.34. The number of rotatable bonds is 3. The fourth-order valence-electron chi connectivity index (χ4n) is 2.52. The van der Waals surface area contributed by atoms with E-state index in [4.69, 9.17) is 0 Å². The van der Waals surface area contributed by atoms with Gasteiger partial charge in [0.2, 0.25) is 5.91 Å². The molecule has 1 aromatic rings. The monoisotopic (exact) mass is 387 g/mol. The van der Waals surface area contributed by atoms with Crippen LogP contribution in [-0.2, 0) is 19.1 Å². The van der Waals surface area contributed by atoms with Crippen molar-refractivity contribution >= 4 is 46.5 Å². The van der Waals surface area contributed by atoms with Gasteiger partial charge in [0.05, 0.1) is 23.1 Å². The molecule has 0 radical (unpaired) electrons. The topological polar surface area (TPSA) is 122 Å². The van der Waals surface area contributed by atoms with Crippen molar-refractivity contribution in [2.24, 2.45) is 4.99 Å². The number of nitrogens with zero attached hydrogens (tertiary/aromatic N) is 2. The van der Waals surface area contributed by atoms with E-state index >= 15 is 0 Å². The number of amides is 4. The second-order valence-corrected chi connectivity index (χ2v) is 6.58. The number of hydrogen-bond donors (Lipinski definition) is 1. The SMILES string of the molecule is COC(=O)/C=C1\SC(NC(=O)[C@H](C)N2C(=O)c3ccccc3C2=O)=NC1=O. The molecule has 27 heavy (non-hydrogen) atoms. The molecule has 0 saturated carbocycles. The summed E-state index contributed by atoms with van der Waals surface area (Å²) in [4.78, 5) is 64.7. The number of esters is 1. The maximum absolute atomic E-state index is 12.4. The zero-order valence-electron chi connectivity index (χ0n) is 14.2. The van der Waals surface area contributed by atoms with Crippen LogP contribution in [0.3, 0.4) is 0 Å². The summed E-state index contributed by atoms with van der Waals surface area (Å²) in [5.74, 6) is -3.26. The third-order valence-electron chi connectivity index (χ3n) is 3.89. The van der Waals surface area contributed by atoms with Gasteiger partial charge >= 0.3 is 5.97 Å². The Labute approximate surface area is 157 Å². The van der Waals surface area contributed by atoms with Crippen molar-refractivity contribution in [1.29, 1.82) is 0 Å². The number of imide groups is 1. The lowest BCUT2D eigenvalue weighted by atomic mass is 10.1. The van der Waals surface area contributed by atoms with Crippen LogP contribution in [0.15, 0.2) is 40.2 Å². The van der Waals surface area contributed by atoms with Crippen LogP contribution in [0.4, 0.5) is 0 Å². The van der Waals surface area contributed by atoms with Crippen molar-refractivity contribution in [3.8, 4) is 0 Å². The van der Waals surface area contributed by atoms with E-state index in [0.717, 1.165) is 29.8 Å². The van der Waals surface area contributed by atoms with Gasteiger partial charge < -0.3 is 10.1 Å². The molecule has 9 nitrogen and oxygen atoms in total. The van der Waals surface area contributed by atoms with E-state index in [1.54, 1.807) is 12.1 Å². The Balaban J connectivity index is 1.71. The van der Waals surface area contributed by atoms with Gasteiger partial charge in [-0.15, -0.1) is 0 Å². The van der Waals surface area contributed by atoms with Gasteiger partial charge in [0.1, 0.15) is 6.04 Å². The minimum Gasteiger partial charge on any atom is -0.466 e. The molecule has 2 heterocycles. The maximum atomic E-state index is 12.4. The Bertz CT molecular complexity index is 917. The molecule has 10 heteroatoms. The number of carbonyl (C=O) groups excluding carboxylic acids is 5. The molecule has 0 bridgehead atoms. The summed E-state index contributed by atoms with van der Waals surface area (Å²) in [7, 11) is 1.16. The van der Waals surface area contributed by atoms with Crippen molar-refractivity contribution in [1.82, 2.24) is 10.2 Å². The van der Waals surface area contributed by atoms with E-state index < -0.39 is 35.6 Å². The number of aliphatic imine (C=N–C) groups is 1. The van der Waals surface area contributed by atoms with Gasteiger partial charge in [0.25, 0.3) is 17.7 Å². The van der Waals surface area contributed by atoms with E-state index in [0.29, 0.717) is 0 Å². The largest absolute Gasteiger partial charge is 0.466 e. The standard InChI is InChI=1S/C17H13N3O6S/c1-8(20-15(24)9-5-3-4-6-10(9)16(20)25)13(22)18-17-19-14(23)11(27-17)7-12(21)26-2/h3-8H,1-2H3,(H,18,19,22,23)/b11-7-/t8-/m0/s1. The fraction of sp³-hybridized carbons (Fsp3) is 0.176. The van der Waals surface area contributed by atoms with Gasteiger partial charge in [-0.1, -0.05) is 12.1 Å². The van der Waals surface area contributed by atoms with Gasteiger partial charge in [-0.25, -0.2) is 4.79 Å². The number of thioether (sulfide) groups is 1. The highest BCUT2D eigenvalue weighted by Crippen LogP contribution is 2.27. The Morgan fingerprint density at radius 3 is 2.33 bits per heavy atom. The third-order valence-corrected chi connectivity index (χ3v) is 4.79. The molecule has 1 atom stereocenters. The summed E-state index contributed by atoms with van der Waals surface area (Å²) >= 11 is 0.780. The molecular formula is C17H13N3O6S. The molecule has 4 amide bonds. The Hall–Kier alpha value is -3.27. The van der Waals surface area contributed by atoms with Gasteiger partial charge in [0, 0.05) is 6.08 Å². The first-order valence-corrected chi connectivity index (χ1v) is 8.53. The number of hydrogen-bond acceptors (Lipinski definition) is 7. The van der Waals surface area contributed by atoms with Crippen molar-refractivity contribution < 1.29 is 28.7 Å². The second-order valence-electron chi connectivity index (χ2n) is 5.55. The predicted octanol–water partition coefficient (Wildman–Crippen LogP) is 0.474. The summed E-state index contributed by atoms with van der Waals surface area (Å²) in [6.45, 7) is 1.39. The second kappa shape index (κ2) is 7.16. The van der Waals surface area contributed by atoms with Crippen LogP contribution >= 0.6 is 11.8 Å². The molecule has 0 unspecified atom stereocenters. The van der Waals surface area contributed by atoms with E-state index in [2.05, 4.69) is 15.0 Å². The highest BCUT2D eigenvalue weighted by molar-refractivity contribution is 8.18. The zero-order valence-corrected chi connectivity index (χ0v) is 15.0. The Kier molecular flexibility index (Phi) is 4.91. The minimum atomic E-state index is -1.12. The molecule has 0 saturated heterocycles. The van der Waals surface area contributed by atoms with Crippen LogP contribution < -0.4 is 5.32 Å². The summed E-state index contributed by atoms with van der Waals surface area (Å²) in [6, 6.07) is 5.16. The average molecular weight is 387 g/mol. The molecular weight excluding hydrogens is 374 g/mol. The fourth-order valence-corrected chi connectivity index (χ4v) is 3.29. The number of nitrogens with one attached hydrogen (secondary N) is 1. The van der Waals surface area contributed by atoms with Crippen LogP contribution in [0.1, 0.15) is 27.6 Å². The first kappa shape index (κ1) is 18.5. The van der Waals surface area contributed by atoms with E-state index in [-0.39, 0.29) is 21.2 Å². The first-order valence-electron chi connectivity index (χ1n) is 7.71. The van der Waals surface area contributed by atoms with Crippen LogP contribution in [0.25, 0.3) is 0 Å². The highest BCUT2D eigenvalue weighted by Gasteiger charge is 2.41. The van der Waals surface area contributed by atoms with Crippen LogP contribution in [-0.4, -0.2) is 52.8 Å². The molecule has 2 aliphatic heterocycles. The molecule has 1 aromatic carbocycles. The number of fused-ring (bicyclic) bond motifs is 1. The third kappa shape index (κ3) is 3.38. The molecule has 3 rings (SSSR count). The average Bonchev–Trinajstić information content (AvgIpc) is 3.11. The minimum absolute atomic E-state index is 0.00877. The highest BCUT2D eigenvalue weighted by atomic mass is 32.2. The lowest BCUT2D eigenvalue weighted by Gasteiger charge is -2.21. The van der Waals surface area contributed by atoms with E-state index in [9.17, 15) is 24.0 Å². The van der Waals surface area contributed by atoms with Gasteiger partial charge in [-0.2, -0.15) is 4.99 Å². The zero-order chi connectivity index (χ0) is 19.7. The number of methoxy groups -OCH3 is 1. The quantitative estimate of drug-likeness (QED) is 0.454. The lowest BCUT2D eigenvalue weighted by molar-refractivity contribution is -0.135. The summed E-state index contributed by atoms with van der Waals surface area (Å²) in [5.41, 5.74) is 0.460. The van der Waals surface area contributed by atoms with Crippen molar-refractivity contribution in [3.63, 3.8) is 0 Å². The number of benzene rings is 1. The van der Waals surface area contributed by atoms with Gasteiger partial charge in [0.15, 0.2) is 5.17 Å². The Morgan fingerprint density at radius 2 is 1.78 bits per heavy atom. The molecule has 0 aliphatic carbocycles. The van der Waals surface area contributed by atoms with Crippen molar-refractivity contribution in [2.45, 2.75) is 13.0 Å². The Morgan fingerprint density at radius 1 is 1.19 bits per heavy atom. The smallest absolute Gasteiger partial charge is 0.331 e. The predicted molar refractivity (Wildman–Crippen MR) is 94.7 cm³/mol. The lowest BCUT2D eigenvalue weighted by Crippen LogP contribution is -2.48. The van der Waals surface area contributed by atoms with Crippen LogP contribution in [0, 0.1) is 0 Å². The van der Waals surface area contributed by atoms with Crippen molar-refractivity contribution in [3.05, 3.63) is 46.4 Å². The molecule has 2 aliphatic rings. The van der Waals surface area contributed by atoms with Gasteiger partial charge in [-0.3, -0.25) is 24.1 Å². The van der Waals surface area contributed by atoms with Crippen LogP contribution in [0.2, 0.25) is 0 Å². The summed E-state index contributed by atoms with van der Waals surface area (Å²) < 4.78 is 4.44. The van der Waals surface area contributed by atoms with Gasteiger partial charge in [-0.05, 0) is 30.8 Å². The molecule has 0 fully saturated rings. The van der Waals surface area contributed by atoms with E-state index in [1.165, 1.54) is 19.1 Å². The summed E-state index contributed by atoms with van der Waals surface area (Å²) in [6.07, 6.45) is 0.962. The normalized spacial score (nSPS) is 18.4. The molecule has 0 spiro atoms. The number of carbonyl (C=O) groups is 5. The molecule has 0 aromatic heterocycles. The first-order chi connectivity index (χ1) is 12.8. The van der Waals surface area contributed by atoms with E-state index in [1.807, 2.05) is 0 Å². The number of ether oxygens (including phenoxy) is 1. The van der Waals surface area contributed by atoms with Crippen molar-refractivity contribution in [2.75, 3.05) is 7.11 Å². The molecule has 1 N–H and O–H groups in total. The molecule has 138 valence electrons. The number of amidine groups is 1.